The highest BCUT2D eigenvalue weighted by molar-refractivity contribution is 6.30. The van der Waals surface area contributed by atoms with Gasteiger partial charge in [-0.1, -0.05) is 37.1 Å². The standard InChI is InChI=1S/C17H26ClNO/c1-3-13-8-9-17(11-13,12-19)16(2,20)10-14-4-6-15(18)7-5-14/h4-7,13,20H,3,8-12,19H2,1-2H3. The summed E-state index contributed by atoms with van der Waals surface area (Å²) < 4.78 is 0. The molecule has 1 fully saturated rings. The smallest absolute Gasteiger partial charge is 0.0728 e. The molecule has 0 spiro atoms. The molecule has 3 heteroatoms. The lowest BCUT2D eigenvalue weighted by Gasteiger charge is -2.43. The third kappa shape index (κ3) is 3.03. The molecular formula is C17H26ClNO. The van der Waals surface area contributed by atoms with Gasteiger partial charge in [0.05, 0.1) is 5.60 Å². The Kier molecular flexibility index (Phi) is 4.78. The van der Waals surface area contributed by atoms with Crippen molar-refractivity contribution >= 4 is 11.6 Å². The Morgan fingerprint density at radius 3 is 2.55 bits per heavy atom. The van der Waals surface area contributed by atoms with Crippen molar-refractivity contribution in [3.8, 4) is 0 Å². The van der Waals surface area contributed by atoms with Gasteiger partial charge in [-0.15, -0.1) is 0 Å². The topological polar surface area (TPSA) is 46.2 Å². The SMILES string of the molecule is CCC1CCC(CN)(C(C)(O)Cc2ccc(Cl)cc2)C1. The number of benzene rings is 1. The first-order chi connectivity index (χ1) is 9.42. The number of hydrogen-bond acceptors (Lipinski definition) is 2. The van der Waals surface area contributed by atoms with Gasteiger partial charge in [0, 0.05) is 23.4 Å². The van der Waals surface area contributed by atoms with Crippen LogP contribution in [0.5, 0.6) is 0 Å². The van der Waals surface area contributed by atoms with Gasteiger partial charge < -0.3 is 10.8 Å². The fourth-order valence-corrected chi connectivity index (χ4v) is 3.79. The molecule has 1 aliphatic rings. The van der Waals surface area contributed by atoms with Crippen LogP contribution in [0, 0.1) is 11.3 Å². The molecule has 2 nitrogen and oxygen atoms in total. The Balaban J connectivity index is 2.17. The van der Waals surface area contributed by atoms with Crippen LogP contribution in [0.1, 0.15) is 45.1 Å². The van der Waals surface area contributed by atoms with Gasteiger partial charge in [0.1, 0.15) is 0 Å². The summed E-state index contributed by atoms with van der Waals surface area (Å²) in [6, 6.07) is 7.75. The van der Waals surface area contributed by atoms with Crippen molar-refractivity contribution < 1.29 is 5.11 Å². The van der Waals surface area contributed by atoms with Gasteiger partial charge in [0.25, 0.3) is 0 Å². The molecule has 2 rings (SSSR count). The van der Waals surface area contributed by atoms with Crippen LogP contribution in [0.4, 0.5) is 0 Å². The number of rotatable bonds is 5. The second-order valence-electron chi connectivity index (χ2n) is 6.58. The molecule has 1 saturated carbocycles. The highest BCUT2D eigenvalue weighted by Crippen LogP contribution is 2.50. The molecular weight excluding hydrogens is 270 g/mol. The maximum atomic E-state index is 11.1. The van der Waals surface area contributed by atoms with Crippen molar-refractivity contribution in [1.82, 2.24) is 0 Å². The molecule has 3 unspecified atom stereocenters. The third-order valence-electron chi connectivity index (χ3n) is 5.28. The lowest BCUT2D eigenvalue weighted by molar-refractivity contribution is -0.0646. The van der Waals surface area contributed by atoms with E-state index in [0.717, 1.165) is 23.4 Å². The van der Waals surface area contributed by atoms with Crippen LogP contribution < -0.4 is 5.73 Å². The van der Waals surface area contributed by atoms with Crippen molar-refractivity contribution in [2.24, 2.45) is 17.1 Å². The van der Waals surface area contributed by atoms with E-state index in [0.29, 0.717) is 18.9 Å². The molecule has 1 aromatic rings. The van der Waals surface area contributed by atoms with Gasteiger partial charge in [-0.25, -0.2) is 0 Å². The van der Waals surface area contributed by atoms with Crippen LogP contribution in [-0.4, -0.2) is 17.3 Å². The molecule has 1 aromatic carbocycles. The summed E-state index contributed by atoms with van der Waals surface area (Å²) >= 11 is 5.92. The van der Waals surface area contributed by atoms with Crippen molar-refractivity contribution in [2.45, 2.75) is 51.6 Å². The van der Waals surface area contributed by atoms with E-state index in [1.807, 2.05) is 31.2 Å². The zero-order valence-electron chi connectivity index (χ0n) is 12.5. The minimum Gasteiger partial charge on any atom is -0.389 e. The van der Waals surface area contributed by atoms with Crippen LogP contribution in [0.25, 0.3) is 0 Å². The van der Waals surface area contributed by atoms with Crippen molar-refractivity contribution in [3.05, 3.63) is 34.9 Å². The summed E-state index contributed by atoms with van der Waals surface area (Å²) in [5.41, 5.74) is 6.28. The minimum atomic E-state index is -0.764. The highest BCUT2D eigenvalue weighted by Gasteiger charge is 2.49. The van der Waals surface area contributed by atoms with E-state index in [1.54, 1.807) is 0 Å². The van der Waals surface area contributed by atoms with E-state index in [1.165, 1.54) is 12.8 Å². The first-order valence-corrected chi connectivity index (χ1v) is 7.97. The predicted molar refractivity (Wildman–Crippen MR) is 84.9 cm³/mol. The molecule has 0 aliphatic heterocycles. The van der Waals surface area contributed by atoms with Crippen molar-refractivity contribution in [1.29, 1.82) is 0 Å². The quantitative estimate of drug-likeness (QED) is 0.868. The molecule has 3 atom stereocenters. The molecule has 112 valence electrons. The molecule has 20 heavy (non-hydrogen) atoms. The van der Waals surface area contributed by atoms with Crippen LogP contribution in [0.2, 0.25) is 5.02 Å². The molecule has 3 N–H and O–H groups in total. The Labute approximate surface area is 127 Å². The fourth-order valence-electron chi connectivity index (χ4n) is 3.67. The first-order valence-electron chi connectivity index (χ1n) is 7.59. The average molecular weight is 296 g/mol. The van der Waals surface area contributed by atoms with E-state index in [2.05, 4.69) is 6.92 Å². The molecule has 0 radical (unpaired) electrons. The number of aliphatic hydroxyl groups is 1. The maximum Gasteiger partial charge on any atom is 0.0728 e. The zero-order chi connectivity index (χ0) is 14.8. The van der Waals surface area contributed by atoms with Crippen LogP contribution in [0.15, 0.2) is 24.3 Å². The Bertz CT molecular complexity index is 443. The van der Waals surface area contributed by atoms with E-state index in [4.69, 9.17) is 17.3 Å². The normalized spacial score (nSPS) is 29.4. The summed E-state index contributed by atoms with van der Waals surface area (Å²) in [6.45, 7) is 4.74. The molecule has 0 bridgehead atoms. The van der Waals surface area contributed by atoms with Gasteiger partial charge in [0.2, 0.25) is 0 Å². The summed E-state index contributed by atoms with van der Waals surface area (Å²) in [4.78, 5) is 0. The lowest BCUT2D eigenvalue weighted by Crippen LogP contribution is -2.50. The van der Waals surface area contributed by atoms with E-state index < -0.39 is 5.60 Å². The summed E-state index contributed by atoms with van der Waals surface area (Å²) in [5, 5.41) is 11.8. The third-order valence-corrected chi connectivity index (χ3v) is 5.53. The summed E-state index contributed by atoms with van der Waals surface area (Å²) in [5.74, 6) is 0.704. The number of hydrogen-bond donors (Lipinski definition) is 2. The van der Waals surface area contributed by atoms with E-state index in [-0.39, 0.29) is 5.41 Å². The van der Waals surface area contributed by atoms with Gasteiger partial charge in [-0.3, -0.25) is 0 Å². The van der Waals surface area contributed by atoms with Gasteiger partial charge in [-0.2, -0.15) is 0 Å². The molecule has 0 amide bonds. The summed E-state index contributed by atoms with van der Waals surface area (Å²) in [6.07, 6.45) is 5.07. The average Bonchev–Trinajstić information content (AvgIpc) is 2.87. The second-order valence-corrected chi connectivity index (χ2v) is 7.02. The van der Waals surface area contributed by atoms with E-state index >= 15 is 0 Å². The molecule has 0 aromatic heterocycles. The fraction of sp³-hybridized carbons (Fsp3) is 0.647. The van der Waals surface area contributed by atoms with Crippen molar-refractivity contribution in [3.63, 3.8) is 0 Å². The largest absolute Gasteiger partial charge is 0.389 e. The lowest BCUT2D eigenvalue weighted by atomic mass is 9.68. The predicted octanol–water partition coefficient (Wildman–Crippen LogP) is 3.79. The molecule has 0 saturated heterocycles. The Morgan fingerprint density at radius 1 is 1.40 bits per heavy atom. The van der Waals surface area contributed by atoms with Gasteiger partial charge in [-0.05, 0) is 49.8 Å². The molecule has 1 aliphatic carbocycles. The number of nitrogens with two attached hydrogens (primary N) is 1. The maximum absolute atomic E-state index is 11.1. The van der Waals surface area contributed by atoms with Gasteiger partial charge in [0.15, 0.2) is 0 Å². The van der Waals surface area contributed by atoms with Crippen molar-refractivity contribution in [2.75, 3.05) is 6.54 Å². The van der Waals surface area contributed by atoms with Crippen LogP contribution in [0.3, 0.4) is 0 Å². The van der Waals surface area contributed by atoms with Crippen LogP contribution >= 0.6 is 11.6 Å². The molecule has 0 heterocycles. The Hall–Kier alpha value is -0.570. The monoisotopic (exact) mass is 295 g/mol. The summed E-state index contributed by atoms with van der Waals surface area (Å²) in [7, 11) is 0. The van der Waals surface area contributed by atoms with Gasteiger partial charge >= 0.3 is 0 Å². The highest BCUT2D eigenvalue weighted by atomic mass is 35.5. The Morgan fingerprint density at radius 2 is 2.05 bits per heavy atom. The van der Waals surface area contributed by atoms with E-state index in [9.17, 15) is 5.11 Å². The number of halogens is 1. The second kappa shape index (κ2) is 6.05. The first kappa shape index (κ1) is 15.8. The zero-order valence-corrected chi connectivity index (χ0v) is 13.3. The van der Waals surface area contributed by atoms with Crippen LogP contribution in [-0.2, 0) is 6.42 Å². The minimum absolute atomic E-state index is 0.146.